The van der Waals surface area contributed by atoms with Gasteiger partial charge in [0.25, 0.3) is 0 Å². The number of nitrogens with one attached hydrogen (secondary N) is 1. The fourth-order valence-electron chi connectivity index (χ4n) is 3.02. The van der Waals surface area contributed by atoms with Crippen molar-refractivity contribution >= 4 is 0 Å². The zero-order valence-electron chi connectivity index (χ0n) is 9.35. The summed E-state index contributed by atoms with van der Waals surface area (Å²) in [5.41, 5.74) is 0.310. The Labute approximate surface area is 98.0 Å². The van der Waals surface area contributed by atoms with E-state index in [0.717, 1.165) is 37.6 Å². The van der Waals surface area contributed by atoms with Crippen LogP contribution >= 0.6 is 0 Å². The Morgan fingerprint density at radius 2 is 2.12 bits per heavy atom. The maximum Gasteiger partial charge on any atom is 0.416 e. The zero-order chi connectivity index (χ0) is 12.1. The average Bonchev–Trinajstić information content (AvgIpc) is 3.04. The standard InChI is InChI=1S/C13H14F3N/c14-13(15,16)10-3-1-2-9(6-10)12-7-11(12)4-5-17-8-12/h1-3,6,11,17H,4-5,7-8H2/t11-,12-/m0/s1. The summed E-state index contributed by atoms with van der Waals surface area (Å²) in [4.78, 5) is 0. The second-order valence-electron chi connectivity index (χ2n) is 5.10. The highest BCUT2D eigenvalue weighted by molar-refractivity contribution is 5.38. The molecule has 1 aliphatic carbocycles. The van der Waals surface area contributed by atoms with E-state index in [1.807, 2.05) is 6.07 Å². The normalized spacial score (nSPS) is 32.1. The van der Waals surface area contributed by atoms with Crippen LogP contribution in [0.5, 0.6) is 0 Å². The summed E-state index contributed by atoms with van der Waals surface area (Å²) in [6.07, 6.45) is -2.13. The van der Waals surface area contributed by atoms with Gasteiger partial charge in [-0.2, -0.15) is 13.2 Å². The molecular formula is C13H14F3N. The molecule has 3 rings (SSSR count). The molecule has 4 heteroatoms. The Balaban J connectivity index is 1.94. The topological polar surface area (TPSA) is 12.0 Å². The van der Waals surface area contributed by atoms with Gasteiger partial charge < -0.3 is 5.32 Å². The molecule has 0 spiro atoms. The molecule has 0 bridgehead atoms. The third-order valence-electron chi connectivity index (χ3n) is 4.11. The Morgan fingerprint density at radius 3 is 2.82 bits per heavy atom. The van der Waals surface area contributed by atoms with Crippen LogP contribution in [0.15, 0.2) is 24.3 Å². The number of hydrogen-bond acceptors (Lipinski definition) is 1. The van der Waals surface area contributed by atoms with Crippen LogP contribution in [-0.4, -0.2) is 13.1 Å². The monoisotopic (exact) mass is 241 g/mol. The summed E-state index contributed by atoms with van der Waals surface area (Å²) >= 11 is 0. The smallest absolute Gasteiger partial charge is 0.316 e. The van der Waals surface area contributed by atoms with E-state index in [4.69, 9.17) is 0 Å². The second kappa shape index (κ2) is 3.48. The lowest BCUT2D eigenvalue weighted by Gasteiger charge is -2.24. The van der Waals surface area contributed by atoms with Gasteiger partial charge in [-0.05, 0) is 36.9 Å². The summed E-state index contributed by atoms with van der Waals surface area (Å²) < 4.78 is 38.0. The first kappa shape index (κ1) is 11.1. The number of piperidine rings is 1. The Bertz CT molecular complexity index is 441. The van der Waals surface area contributed by atoms with Gasteiger partial charge >= 0.3 is 6.18 Å². The molecule has 1 aromatic rings. The van der Waals surface area contributed by atoms with E-state index in [1.165, 1.54) is 12.1 Å². The van der Waals surface area contributed by atoms with Crippen LogP contribution in [0.2, 0.25) is 0 Å². The molecule has 1 N–H and O–H groups in total. The molecular weight excluding hydrogens is 227 g/mol. The lowest BCUT2D eigenvalue weighted by atomic mass is 9.89. The predicted octanol–water partition coefficient (Wildman–Crippen LogP) is 2.96. The van der Waals surface area contributed by atoms with Crippen molar-refractivity contribution in [2.75, 3.05) is 13.1 Å². The molecule has 1 saturated heterocycles. The van der Waals surface area contributed by atoms with Crippen LogP contribution in [0.25, 0.3) is 0 Å². The fraction of sp³-hybridized carbons (Fsp3) is 0.538. The van der Waals surface area contributed by atoms with Gasteiger partial charge in [0.05, 0.1) is 5.56 Å². The van der Waals surface area contributed by atoms with E-state index < -0.39 is 11.7 Å². The lowest BCUT2D eigenvalue weighted by molar-refractivity contribution is -0.137. The Morgan fingerprint density at radius 1 is 1.29 bits per heavy atom. The molecule has 0 radical (unpaired) electrons. The summed E-state index contributed by atoms with van der Waals surface area (Å²) in [6, 6.07) is 5.83. The van der Waals surface area contributed by atoms with E-state index in [9.17, 15) is 13.2 Å². The molecule has 1 saturated carbocycles. The molecule has 0 aromatic heterocycles. The number of benzene rings is 1. The molecule has 1 aliphatic heterocycles. The first-order valence-electron chi connectivity index (χ1n) is 5.91. The van der Waals surface area contributed by atoms with Crippen LogP contribution in [0, 0.1) is 5.92 Å². The van der Waals surface area contributed by atoms with Gasteiger partial charge in [-0.25, -0.2) is 0 Å². The molecule has 0 amide bonds. The molecule has 1 aromatic carbocycles. The lowest BCUT2D eigenvalue weighted by Crippen LogP contribution is -2.34. The summed E-state index contributed by atoms with van der Waals surface area (Å²) in [7, 11) is 0. The van der Waals surface area contributed by atoms with Gasteiger partial charge in [0.1, 0.15) is 0 Å². The van der Waals surface area contributed by atoms with Gasteiger partial charge in [0.15, 0.2) is 0 Å². The van der Waals surface area contributed by atoms with Gasteiger partial charge in [-0.1, -0.05) is 18.2 Å². The van der Waals surface area contributed by atoms with Gasteiger partial charge in [-0.15, -0.1) is 0 Å². The largest absolute Gasteiger partial charge is 0.416 e. The van der Waals surface area contributed by atoms with Crippen LogP contribution in [0.1, 0.15) is 24.0 Å². The highest BCUT2D eigenvalue weighted by atomic mass is 19.4. The van der Waals surface area contributed by atoms with Crippen molar-refractivity contribution in [2.45, 2.75) is 24.4 Å². The molecule has 92 valence electrons. The van der Waals surface area contributed by atoms with Crippen molar-refractivity contribution in [3.63, 3.8) is 0 Å². The molecule has 2 atom stereocenters. The molecule has 17 heavy (non-hydrogen) atoms. The van der Waals surface area contributed by atoms with Crippen LogP contribution in [-0.2, 0) is 11.6 Å². The first-order chi connectivity index (χ1) is 8.02. The van der Waals surface area contributed by atoms with Gasteiger partial charge in [0, 0.05) is 12.0 Å². The van der Waals surface area contributed by atoms with Crippen LogP contribution < -0.4 is 5.32 Å². The minimum Gasteiger partial charge on any atom is -0.316 e. The number of rotatable bonds is 1. The molecule has 0 unspecified atom stereocenters. The highest BCUT2D eigenvalue weighted by Crippen LogP contribution is 2.57. The van der Waals surface area contributed by atoms with Gasteiger partial charge in [-0.3, -0.25) is 0 Å². The predicted molar refractivity (Wildman–Crippen MR) is 58.7 cm³/mol. The highest BCUT2D eigenvalue weighted by Gasteiger charge is 2.56. The van der Waals surface area contributed by atoms with Crippen molar-refractivity contribution in [1.82, 2.24) is 5.32 Å². The van der Waals surface area contributed by atoms with E-state index in [0.29, 0.717) is 5.92 Å². The second-order valence-corrected chi connectivity index (χ2v) is 5.10. The van der Waals surface area contributed by atoms with Crippen molar-refractivity contribution in [3.05, 3.63) is 35.4 Å². The number of fused-ring (bicyclic) bond motifs is 1. The summed E-state index contributed by atoms with van der Waals surface area (Å²) in [5, 5.41) is 3.29. The summed E-state index contributed by atoms with van der Waals surface area (Å²) in [6.45, 7) is 1.81. The first-order valence-corrected chi connectivity index (χ1v) is 5.91. The SMILES string of the molecule is FC(F)(F)c1cccc([C@]23CNCC[C@H]2C3)c1. The summed E-state index contributed by atoms with van der Waals surface area (Å²) in [5.74, 6) is 0.576. The van der Waals surface area contributed by atoms with Crippen molar-refractivity contribution < 1.29 is 13.2 Å². The third-order valence-corrected chi connectivity index (χ3v) is 4.11. The quantitative estimate of drug-likeness (QED) is 0.797. The molecule has 1 nitrogen and oxygen atoms in total. The number of hydrogen-bond donors (Lipinski definition) is 1. The number of alkyl halides is 3. The average molecular weight is 241 g/mol. The van der Waals surface area contributed by atoms with E-state index in [2.05, 4.69) is 5.32 Å². The van der Waals surface area contributed by atoms with E-state index >= 15 is 0 Å². The van der Waals surface area contributed by atoms with Gasteiger partial charge in [0.2, 0.25) is 0 Å². The van der Waals surface area contributed by atoms with Crippen molar-refractivity contribution in [1.29, 1.82) is 0 Å². The van der Waals surface area contributed by atoms with Crippen molar-refractivity contribution in [2.24, 2.45) is 5.92 Å². The fourth-order valence-corrected chi connectivity index (χ4v) is 3.02. The molecule has 2 aliphatic rings. The maximum absolute atomic E-state index is 12.7. The molecule has 2 fully saturated rings. The number of halogens is 3. The third kappa shape index (κ3) is 1.75. The Hall–Kier alpha value is -1.03. The van der Waals surface area contributed by atoms with Crippen LogP contribution in [0.4, 0.5) is 13.2 Å². The zero-order valence-corrected chi connectivity index (χ0v) is 9.35. The minimum absolute atomic E-state index is 0.0144. The van der Waals surface area contributed by atoms with E-state index in [1.54, 1.807) is 0 Å². The van der Waals surface area contributed by atoms with Crippen LogP contribution in [0.3, 0.4) is 0 Å². The minimum atomic E-state index is -4.24. The Kier molecular flexibility index (Phi) is 2.27. The molecule has 1 heterocycles. The van der Waals surface area contributed by atoms with Crippen molar-refractivity contribution in [3.8, 4) is 0 Å². The maximum atomic E-state index is 12.7. The van der Waals surface area contributed by atoms with E-state index in [-0.39, 0.29) is 5.41 Å².